The van der Waals surface area contributed by atoms with E-state index in [1.807, 2.05) is 12.3 Å². The Hall–Kier alpha value is -0.890. The van der Waals surface area contributed by atoms with Gasteiger partial charge in [0.1, 0.15) is 6.04 Å². The molecule has 0 aromatic heterocycles. The highest BCUT2D eigenvalue weighted by molar-refractivity contribution is 8.09. The number of hydrogen-bond donors (Lipinski definition) is 3. The highest BCUT2D eigenvalue weighted by Crippen LogP contribution is 2.09. The van der Waals surface area contributed by atoms with Crippen LogP contribution in [0.15, 0.2) is 30.3 Å². The van der Waals surface area contributed by atoms with Gasteiger partial charge in [-0.05, 0) is 11.8 Å². The monoisotopic (exact) mass is 316 g/mol. The summed E-state index contributed by atoms with van der Waals surface area (Å²) in [5, 5.41) is 12.4. The first-order chi connectivity index (χ1) is 9.58. The van der Waals surface area contributed by atoms with Crippen molar-refractivity contribution in [3.05, 3.63) is 35.9 Å². The van der Waals surface area contributed by atoms with Crippen LogP contribution in [0.3, 0.4) is 0 Å². The van der Waals surface area contributed by atoms with Gasteiger partial charge in [-0.1, -0.05) is 30.3 Å². The van der Waals surface area contributed by atoms with Gasteiger partial charge in [0.2, 0.25) is 5.91 Å². The number of aliphatic hydroxyl groups excluding tert-OH is 1. The smallest absolute Gasteiger partial charge is 0.241 e. The Kier molecular flexibility index (Phi) is 7.83. The zero-order valence-corrected chi connectivity index (χ0v) is 13.0. The van der Waals surface area contributed by atoms with Gasteiger partial charge in [0.25, 0.3) is 0 Å². The minimum atomic E-state index is -1.08. The third kappa shape index (κ3) is 5.62. The van der Waals surface area contributed by atoms with Crippen LogP contribution in [0.5, 0.6) is 0 Å². The lowest BCUT2D eigenvalue weighted by Gasteiger charge is -2.19. The molecule has 4 N–H and O–H groups in total. The van der Waals surface area contributed by atoms with Crippen LogP contribution in [0, 0.1) is 0 Å². The number of hydrogen-bond acceptors (Lipinski definition) is 5. The molecule has 3 atom stereocenters. The van der Waals surface area contributed by atoms with Crippen molar-refractivity contribution in [2.75, 3.05) is 23.7 Å². The molecule has 0 heterocycles. The largest absolute Gasteiger partial charge is 0.394 e. The molecule has 0 bridgehead atoms. The number of aliphatic hydroxyl groups is 1. The van der Waals surface area contributed by atoms with Crippen molar-refractivity contribution in [1.29, 1.82) is 0 Å². The van der Waals surface area contributed by atoms with Crippen molar-refractivity contribution in [1.82, 2.24) is 5.32 Å². The van der Waals surface area contributed by atoms with Crippen LogP contribution in [0.2, 0.25) is 0 Å². The minimum absolute atomic E-state index is 0.227. The van der Waals surface area contributed by atoms with Gasteiger partial charge in [-0.15, -0.1) is 0 Å². The Labute approximate surface area is 125 Å². The van der Waals surface area contributed by atoms with Crippen molar-refractivity contribution in [3.63, 3.8) is 0 Å². The first-order valence-corrected chi connectivity index (χ1v) is 9.02. The summed E-state index contributed by atoms with van der Waals surface area (Å²) in [6.07, 6.45) is 1.86. The van der Waals surface area contributed by atoms with E-state index in [1.165, 1.54) is 11.8 Å². The molecule has 0 saturated heterocycles. The van der Waals surface area contributed by atoms with E-state index in [9.17, 15) is 14.1 Å². The lowest BCUT2D eigenvalue weighted by atomic mass is 10.1. The molecule has 1 amide bonds. The molecule has 0 aliphatic carbocycles. The lowest BCUT2D eigenvalue weighted by Crippen LogP contribution is -2.45. The number of carbonyl (C=O) groups excluding carboxylic acids is 1. The van der Waals surface area contributed by atoms with Gasteiger partial charge in [-0.2, -0.15) is 11.8 Å². The van der Waals surface area contributed by atoms with Crippen molar-refractivity contribution in [2.45, 2.75) is 12.1 Å². The quantitative estimate of drug-likeness (QED) is 0.638. The van der Waals surface area contributed by atoms with Gasteiger partial charge in [0, 0.05) is 16.6 Å². The van der Waals surface area contributed by atoms with E-state index in [4.69, 9.17) is 5.73 Å². The van der Waals surface area contributed by atoms with Gasteiger partial charge < -0.3 is 16.2 Å². The van der Waals surface area contributed by atoms with E-state index < -0.39 is 22.9 Å². The van der Waals surface area contributed by atoms with E-state index in [0.29, 0.717) is 10.6 Å². The maximum Gasteiger partial charge on any atom is 0.241 e. The molecular formula is C13H20N2O3S2. The molecule has 0 saturated carbocycles. The average Bonchev–Trinajstić information content (AvgIpc) is 2.46. The summed E-state index contributed by atoms with van der Waals surface area (Å²) in [6.45, 7) is -0.257. The van der Waals surface area contributed by atoms with Crippen LogP contribution in [0.25, 0.3) is 0 Å². The van der Waals surface area contributed by atoms with Crippen molar-refractivity contribution in [2.24, 2.45) is 5.73 Å². The maximum absolute atomic E-state index is 12.0. The highest BCUT2D eigenvalue weighted by atomic mass is 32.2. The summed E-state index contributed by atoms with van der Waals surface area (Å²) in [4.78, 5) is 12.0. The Morgan fingerprint density at radius 1 is 1.45 bits per heavy atom. The molecule has 7 heteroatoms. The number of nitrogens with two attached hydrogens (primary N) is 1. The van der Waals surface area contributed by atoms with Gasteiger partial charge in [-0.3, -0.25) is 9.00 Å². The summed E-state index contributed by atoms with van der Waals surface area (Å²) in [5.41, 5.74) is 6.56. The van der Waals surface area contributed by atoms with Gasteiger partial charge in [0.05, 0.1) is 17.7 Å². The SMILES string of the molecule is CSCS(=O)C[C@@H](CO)NC(=O)[C@@H](N)c1ccccc1. The summed E-state index contributed by atoms with van der Waals surface area (Å²) in [5.74, 6) is -0.152. The molecule has 0 aliphatic rings. The fraction of sp³-hybridized carbons (Fsp3) is 0.462. The molecule has 0 radical (unpaired) electrons. The fourth-order valence-corrected chi connectivity index (χ4v) is 3.72. The second-order valence-electron chi connectivity index (χ2n) is 4.29. The summed E-state index contributed by atoms with van der Waals surface area (Å²) < 4.78 is 11.6. The predicted molar refractivity (Wildman–Crippen MR) is 83.8 cm³/mol. The Bertz CT molecular complexity index is 443. The molecule has 0 fully saturated rings. The van der Waals surface area contributed by atoms with E-state index >= 15 is 0 Å². The molecule has 5 nitrogen and oxygen atoms in total. The average molecular weight is 316 g/mol. The number of rotatable bonds is 8. The molecule has 112 valence electrons. The van der Waals surface area contributed by atoms with Crippen LogP contribution in [-0.4, -0.2) is 45.0 Å². The highest BCUT2D eigenvalue weighted by Gasteiger charge is 2.20. The Morgan fingerprint density at radius 3 is 2.65 bits per heavy atom. The number of thioether (sulfide) groups is 1. The Balaban J connectivity index is 2.56. The van der Waals surface area contributed by atoms with E-state index in [1.54, 1.807) is 24.3 Å². The molecule has 1 unspecified atom stereocenters. The van der Waals surface area contributed by atoms with E-state index in [2.05, 4.69) is 5.32 Å². The zero-order chi connectivity index (χ0) is 15.0. The van der Waals surface area contributed by atoms with E-state index in [0.717, 1.165) is 0 Å². The second-order valence-corrected chi connectivity index (χ2v) is 7.02. The van der Waals surface area contributed by atoms with Crippen molar-refractivity contribution >= 4 is 28.5 Å². The van der Waals surface area contributed by atoms with Gasteiger partial charge in [-0.25, -0.2) is 0 Å². The maximum atomic E-state index is 12.0. The first kappa shape index (κ1) is 17.2. The van der Waals surface area contributed by atoms with Crippen molar-refractivity contribution in [3.8, 4) is 0 Å². The Morgan fingerprint density at radius 2 is 2.10 bits per heavy atom. The molecule has 20 heavy (non-hydrogen) atoms. The van der Waals surface area contributed by atoms with Gasteiger partial charge >= 0.3 is 0 Å². The second kappa shape index (κ2) is 9.12. The summed E-state index contributed by atoms with van der Waals surface area (Å²) in [6, 6.07) is 7.66. The number of carbonyl (C=O) groups is 1. The number of benzene rings is 1. The van der Waals surface area contributed by atoms with Crippen LogP contribution in [0.4, 0.5) is 0 Å². The third-order valence-electron chi connectivity index (χ3n) is 2.64. The van der Waals surface area contributed by atoms with Gasteiger partial charge in [0.15, 0.2) is 0 Å². The summed E-state index contributed by atoms with van der Waals surface area (Å²) >= 11 is 1.47. The molecule has 0 aliphatic heterocycles. The zero-order valence-electron chi connectivity index (χ0n) is 11.3. The molecule has 1 aromatic carbocycles. The van der Waals surface area contributed by atoms with Crippen LogP contribution in [0.1, 0.15) is 11.6 Å². The molecule has 1 aromatic rings. The fourth-order valence-electron chi connectivity index (χ4n) is 1.65. The topological polar surface area (TPSA) is 92.4 Å². The first-order valence-electron chi connectivity index (χ1n) is 6.14. The predicted octanol–water partition coefficient (Wildman–Crippen LogP) is 0.233. The third-order valence-corrected chi connectivity index (χ3v) is 5.41. The summed E-state index contributed by atoms with van der Waals surface area (Å²) in [7, 11) is -1.08. The van der Waals surface area contributed by atoms with Crippen LogP contribution >= 0.6 is 11.8 Å². The lowest BCUT2D eigenvalue weighted by molar-refractivity contribution is -0.123. The number of nitrogens with one attached hydrogen (secondary N) is 1. The molecule has 0 spiro atoms. The number of amides is 1. The standard InChI is InChI=1S/C13H20N2O3S2/c1-19-9-20(18)8-11(7-16)15-13(17)12(14)10-5-3-2-4-6-10/h2-6,11-12,16H,7-9,14H2,1H3,(H,15,17)/t11-,12+,20?/m1/s1. The molecular weight excluding hydrogens is 296 g/mol. The normalized spacial score (nSPS) is 15.3. The van der Waals surface area contributed by atoms with Crippen molar-refractivity contribution < 1.29 is 14.1 Å². The van der Waals surface area contributed by atoms with Crippen LogP contribution < -0.4 is 11.1 Å². The van der Waals surface area contributed by atoms with E-state index in [-0.39, 0.29) is 18.3 Å². The minimum Gasteiger partial charge on any atom is -0.394 e. The van der Waals surface area contributed by atoms with Crippen LogP contribution in [-0.2, 0) is 15.6 Å². The molecule has 1 rings (SSSR count).